The molecule has 168 valence electrons. The maximum absolute atomic E-state index is 12.8. The van der Waals surface area contributed by atoms with E-state index in [1.54, 1.807) is 0 Å². The summed E-state index contributed by atoms with van der Waals surface area (Å²) in [5.74, 6) is 0.697. The first-order valence-electron chi connectivity index (χ1n) is 10.4. The van der Waals surface area contributed by atoms with Crippen LogP contribution in [0.2, 0.25) is 0 Å². The van der Waals surface area contributed by atoms with E-state index in [0.717, 1.165) is 54.2 Å². The largest absolute Gasteiger partial charge is 0.416 e. The van der Waals surface area contributed by atoms with Crippen LogP contribution in [-0.2, 0) is 25.7 Å². The van der Waals surface area contributed by atoms with Crippen LogP contribution >= 0.6 is 11.3 Å². The minimum atomic E-state index is -4.34. The van der Waals surface area contributed by atoms with Crippen molar-refractivity contribution in [3.05, 3.63) is 82.6 Å². The van der Waals surface area contributed by atoms with Gasteiger partial charge in [0.15, 0.2) is 5.82 Å². The lowest BCUT2D eigenvalue weighted by Crippen LogP contribution is -2.31. The fourth-order valence-electron chi connectivity index (χ4n) is 3.82. The number of nitrogen functional groups attached to an aromatic ring is 1. The van der Waals surface area contributed by atoms with Crippen molar-refractivity contribution in [2.45, 2.75) is 25.7 Å². The Morgan fingerprint density at radius 2 is 1.70 bits per heavy atom. The van der Waals surface area contributed by atoms with Gasteiger partial charge in [0.1, 0.15) is 5.01 Å². The summed E-state index contributed by atoms with van der Waals surface area (Å²) in [6, 6.07) is 12.6. The average molecular weight is 468 g/mol. The lowest BCUT2D eigenvalue weighted by atomic mass is 10.1. The van der Waals surface area contributed by atoms with Gasteiger partial charge in [-0.1, -0.05) is 12.1 Å². The van der Waals surface area contributed by atoms with E-state index in [0.29, 0.717) is 28.6 Å². The van der Waals surface area contributed by atoms with Crippen molar-refractivity contribution >= 4 is 17.0 Å². The molecule has 0 unspecified atom stereocenters. The normalized spacial score (nSPS) is 14.3. The van der Waals surface area contributed by atoms with Crippen molar-refractivity contribution in [2.75, 3.05) is 12.3 Å². The number of anilines is 1. The minimum absolute atomic E-state index is 0.656. The van der Waals surface area contributed by atoms with Gasteiger partial charge in [0.05, 0.1) is 17.0 Å². The molecule has 2 aromatic carbocycles. The third-order valence-electron chi connectivity index (χ3n) is 5.58. The van der Waals surface area contributed by atoms with E-state index in [2.05, 4.69) is 14.9 Å². The lowest BCUT2D eigenvalue weighted by molar-refractivity contribution is -0.137. The fourth-order valence-corrected chi connectivity index (χ4v) is 4.64. The standard InChI is InChI=1S/C24H20F3N5S/c25-24(26,27)18-5-1-16(2-6-18)23-30-20(14-33-23)13-32-10-9-21-17(12-32)11-29-22(31-21)15-3-7-19(28)8-4-15/h1-8,11,14H,9-10,12-13,28H2. The van der Waals surface area contributed by atoms with Gasteiger partial charge >= 0.3 is 6.18 Å². The molecule has 1 aliphatic rings. The molecule has 2 N–H and O–H groups in total. The number of thiazole rings is 1. The molecule has 2 aromatic heterocycles. The van der Waals surface area contributed by atoms with E-state index in [1.807, 2.05) is 35.8 Å². The zero-order chi connectivity index (χ0) is 23.0. The zero-order valence-corrected chi connectivity index (χ0v) is 18.3. The summed E-state index contributed by atoms with van der Waals surface area (Å²) in [7, 11) is 0. The topological polar surface area (TPSA) is 67.9 Å². The van der Waals surface area contributed by atoms with Crippen molar-refractivity contribution in [3.8, 4) is 22.0 Å². The molecular formula is C24H20F3N5S. The number of fused-ring (bicyclic) bond motifs is 1. The molecule has 0 radical (unpaired) electrons. The summed E-state index contributed by atoms with van der Waals surface area (Å²) >= 11 is 1.44. The van der Waals surface area contributed by atoms with Crippen LogP contribution in [0.3, 0.4) is 0 Å². The predicted molar refractivity (Wildman–Crippen MR) is 122 cm³/mol. The highest BCUT2D eigenvalue weighted by Crippen LogP contribution is 2.32. The second-order valence-corrected chi connectivity index (χ2v) is 8.83. The zero-order valence-electron chi connectivity index (χ0n) is 17.5. The second-order valence-electron chi connectivity index (χ2n) is 7.97. The summed E-state index contributed by atoms with van der Waals surface area (Å²) in [6.45, 7) is 2.24. The van der Waals surface area contributed by atoms with E-state index in [-0.39, 0.29) is 0 Å². The maximum atomic E-state index is 12.8. The number of rotatable bonds is 4. The number of halogens is 3. The Bertz CT molecular complexity index is 1270. The van der Waals surface area contributed by atoms with E-state index >= 15 is 0 Å². The van der Waals surface area contributed by atoms with Gasteiger partial charge in [0.25, 0.3) is 0 Å². The molecule has 3 heterocycles. The molecular weight excluding hydrogens is 447 g/mol. The van der Waals surface area contributed by atoms with E-state index in [9.17, 15) is 13.2 Å². The Labute approximate surface area is 192 Å². The minimum Gasteiger partial charge on any atom is -0.399 e. The molecule has 0 saturated heterocycles. The van der Waals surface area contributed by atoms with Gasteiger partial charge in [-0.2, -0.15) is 13.2 Å². The molecule has 4 aromatic rings. The number of hydrogen-bond acceptors (Lipinski definition) is 6. The number of alkyl halides is 3. The van der Waals surface area contributed by atoms with Crippen LogP contribution in [0.5, 0.6) is 0 Å². The number of nitrogens with two attached hydrogens (primary N) is 1. The van der Waals surface area contributed by atoms with Gasteiger partial charge in [-0.15, -0.1) is 11.3 Å². The summed E-state index contributed by atoms with van der Waals surface area (Å²) in [5.41, 5.74) is 10.5. The second kappa shape index (κ2) is 8.57. The third kappa shape index (κ3) is 4.74. The summed E-state index contributed by atoms with van der Waals surface area (Å²) in [6.07, 6.45) is -1.64. The fraction of sp³-hybridized carbons (Fsp3) is 0.208. The molecule has 9 heteroatoms. The first-order valence-corrected chi connectivity index (χ1v) is 11.3. The summed E-state index contributed by atoms with van der Waals surface area (Å²) in [4.78, 5) is 16.2. The SMILES string of the molecule is Nc1ccc(-c2ncc3c(n2)CCN(Cc2csc(-c4ccc(C(F)(F)F)cc4)n2)C3)cc1. The molecule has 5 nitrogen and oxygen atoms in total. The van der Waals surface area contributed by atoms with Crippen LogP contribution in [0.25, 0.3) is 22.0 Å². The van der Waals surface area contributed by atoms with Crippen LogP contribution in [0, 0.1) is 0 Å². The molecule has 1 aliphatic heterocycles. The Morgan fingerprint density at radius 1 is 0.970 bits per heavy atom. The molecule has 0 spiro atoms. The highest BCUT2D eigenvalue weighted by Gasteiger charge is 2.30. The molecule has 5 rings (SSSR count). The van der Waals surface area contributed by atoms with Crippen molar-refractivity contribution < 1.29 is 13.2 Å². The van der Waals surface area contributed by atoms with Crippen LogP contribution in [-0.4, -0.2) is 26.4 Å². The summed E-state index contributed by atoms with van der Waals surface area (Å²) < 4.78 is 38.3. The Hall–Kier alpha value is -3.30. The molecule has 33 heavy (non-hydrogen) atoms. The smallest absolute Gasteiger partial charge is 0.399 e. The summed E-state index contributed by atoms with van der Waals surface area (Å²) in [5, 5.41) is 2.68. The first-order chi connectivity index (χ1) is 15.8. The average Bonchev–Trinajstić information content (AvgIpc) is 3.27. The number of nitrogens with zero attached hydrogens (tertiary/aromatic N) is 4. The molecule has 0 bridgehead atoms. The van der Waals surface area contributed by atoms with Crippen molar-refractivity contribution in [3.63, 3.8) is 0 Å². The van der Waals surface area contributed by atoms with Gasteiger partial charge in [0.2, 0.25) is 0 Å². The quantitative estimate of drug-likeness (QED) is 0.406. The van der Waals surface area contributed by atoms with Crippen LogP contribution in [0.4, 0.5) is 18.9 Å². The Morgan fingerprint density at radius 3 is 2.42 bits per heavy atom. The van der Waals surface area contributed by atoms with Crippen molar-refractivity contribution in [1.82, 2.24) is 19.9 Å². The first kappa shape index (κ1) is 21.5. The monoisotopic (exact) mass is 467 g/mol. The van der Waals surface area contributed by atoms with Gasteiger partial charge in [-0.25, -0.2) is 15.0 Å². The van der Waals surface area contributed by atoms with Gasteiger partial charge in [0, 0.05) is 60.0 Å². The Kier molecular flexibility index (Phi) is 5.59. The molecule has 0 aliphatic carbocycles. The third-order valence-corrected chi connectivity index (χ3v) is 6.52. The molecule has 0 amide bonds. The van der Waals surface area contributed by atoms with Crippen LogP contribution < -0.4 is 5.73 Å². The molecule has 0 saturated carbocycles. The van der Waals surface area contributed by atoms with Crippen LogP contribution in [0.15, 0.2) is 60.1 Å². The Balaban J connectivity index is 1.26. The van der Waals surface area contributed by atoms with E-state index in [4.69, 9.17) is 10.7 Å². The van der Waals surface area contributed by atoms with Gasteiger partial charge in [-0.3, -0.25) is 4.90 Å². The number of hydrogen-bond donors (Lipinski definition) is 1. The van der Waals surface area contributed by atoms with Crippen molar-refractivity contribution in [2.24, 2.45) is 0 Å². The van der Waals surface area contributed by atoms with E-state index in [1.165, 1.54) is 23.5 Å². The molecule has 0 fully saturated rings. The molecule has 0 atom stereocenters. The number of aromatic nitrogens is 3. The van der Waals surface area contributed by atoms with Gasteiger partial charge in [-0.05, 0) is 36.4 Å². The lowest BCUT2D eigenvalue weighted by Gasteiger charge is -2.27. The van der Waals surface area contributed by atoms with Gasteiger partial charge < -0.3 is 5.73 Å². The number of benzene rings is 2. The highest BCUT2D eigenvalue weighted by atomic mass is 32.1. The van der Waals surface area contributed by atoms with Crippen molar-refractivity contribution in [1.29, 1.82) is 0 Å². The van der Waals surface area contributed by atoms with E-state index < -0.39 is 11.7 Å². The maximum Gasteiger partial charge on any atom is 0.416 e. The predicted octanol–water partition coefficient (Wildman–Crippen LogP) is 5.43. The van der Waals surface area contributed by atoms with Crippen LogP contribution in [0.1, 0.15) is 22.5 Å². The highest BCUT2D eigenvalue weighted by molar-refractivity contribution is 7.13.